The number of benzene rings is 2. The minimum absolute atomic E-state index is 0.0305. The lowest BCUT2D eigenvalue weighted by atomic mass is 10.1. The van der Waals surface area contributed by atoms with Crippen LogP contribution in [0, 0.1) is 23.0 Å². The molecule has 0 saturated carbocycles. The van der Waals surface area contributed by atoms with Gasteiger partial charge in [-0.05, 0) is 49.4 Å². The predicted octanol–water partition coefficient (Wildman–Crippen LogP) is 6.05. The van der Waals surface area contributed by atoms with Crippen LogP contribution in [0.25, 0.3) is 11.3 Å². The van der Waals surface area contributed by atoms with E-state index in [1.165, 1.54) is 18.2 Å². The van der Waals surface area contributed by atoms with E-state index in [9.17, 15) is 32.0 Å². The van der Waals surface area contributed by atoms with Crippen molar-refractivity contribution in [3.63, 3.8) is 0 Å². The summed E-state index contributed by atoms with van der Waals surface area (Å²) in [5.74, 6) is -2.87. The van der Waals surface area contributed by atoms with E-state index in [0.717, 1.165) is 24.3 Å². The van der Waals surface area contributed by atoms with Crippen molar-refractivity contribution in [2.24, 2.45) is 0 Å². The fourth-order valence-electron chi connectivity index (χ4n) is 2.90. The molecule has 0 bridgehead atoms. The molecular weight excluding hydrogens is 477 g/mol. The van der Waals surface area contributed by atoms with Gasteiger partial charge in [0.15, 0.2) is 11.6 Å². The first kappa shape index (κ1) is 25.0. The van der Waals surface area contributed by atoms with Crippen LogP contribution in [0.1, 0.15) is 18.1 Å². The maximum Gasteiger partial charge on any atom is 0.417 e. The monoisotopic (exact) mass is 493 g/mol. The van der Waals surface area contributed by atoms with Crippen LogP contribution < -0.4 is 10.1 Å². The number of ether oxygens (including phenoxy) is 1. The van der Waals surface area contributed by atoms with Gasteiger partial charge in [0.05, 0.1) is 29.2 Å². The van der Waals surface area contributed by atoms with Gasteiger partial charge >= 0.3 is 6.18 Å². The number of pyridine rings is 1. The third kappa shape index (κ3) is 6.02. The number of anilines is 1. The Morgan fingerprint density at radius 3 is 2.41 bits per heavy atom. The molecule has 1 amide bonds. The maximum atomic E-state index is 13.7. The lowest BCUT2D eigenvalue weighted by Gasteiger charge is -2.14. The van der Waals surface area contributed by atoms with Crippen LogP contribution in [0.2, 0.25) is 0 Å². The maximum absolute atomic E-state index is 13.7. The first-order valence-electron chi connectivity index (χ1n) is 9.75. The first-order valence-corrected chi connectivity index (χ1v) is 10.7. The van der Waals surface area contributed by atoms with Crippen LogP contribution in [0.5, 0.6) is 5.75 Å². The zero-order chi connectivity index (χ0) is 24.9. The van der Waals surface area contributed by atoms with E-state index < -0.39 is 40.6 Å². The van der Waals surface area contributed by atoms with E-state index in [0.29, 0.717) is 29.7 Å². The number of carbonyl (C=O) groups is 1. The normalized spacial score (nSPS) is 11.1. The fourth-order valence-corrected chi connectivity index (χ4v) is 3.70. The Hall–Kier alpha value is -3.65. The minimum Gasteiger partial charge on any atom is -0.494 e. The number of alkyl halides is 3. The number of halogens is 5. The summed E-state index contributed by atoms with van der Waals surface area (Å²) in [6.07, 6.45) is -4.84. The second-order valence-corrected chi connectivity index (χ2v) is 7.73. The Kier molecular flexibility index (Phi) is 7.73. The average molecular weight is 493 g/mol. The molecule has 1 N–H and O–H groups in total. The number of nitrogens with one attached hydrogen (secondary N) is 1. The summed E-state index contributed by atoms with van der Waals surface area (Å²) in [5.41, 5.74) is -1.62. The van der Waals surface area contributed by atoms with E-state index in [1.807, 2.05) is 0 Å². The number of aromatic nitrogens is 1. The summed E-state index contributed by atoms with van der Waals surface area (Å²) >= 11 is 0.619. The van der Waals surface area contributed by atoms with E-state index in [4.69, 9.17) is 4.74 Å². The smallest absolute Gasteiger partial charge is 0.417 e. The van der Waals surface area contributed by atoms with Crippen molar-refractivity contribution in [2.75, 3.05) is 17.7 Å². The highest BCUT2D eigenvalue weighted by molar-refractivity contribution is 8.00. The molecule has 176 valence electrons. The van der Waals surface area contributed by atoms with Crippen molar-refractivity contribution >= 4 is 23.4 Å². The van der Waals surface area contributed by atoms with Gasteiger partial charge in [0, 0.05) is 17.3 Å². The van der Waals surface area contributed by atoms with Crippen molar-refractivity contribution in [3.05, 3.63) is 71.3 Å². The van der Waals surface area contributed by atoms with Crippen LogP contribution in [-0.2, 0) is 11.0 Å². The summed E-state index contributed by atoms with van der Waals surface area (Å²) in [6.45, 7) is 2.21. The summed E-state index contributed by atoms with van der Waals surface area (Å²) in [4.78, 5) is 16.4. The van der Waals surface area contributed by atoms with Gasteiger partial charge in [0.1, 0.15) is 16.8 Å². The highest BCUT2D eigenvalue weighted by Crippen LogP contribution is 2.38. The second-order valence-electron chi connectivity index (χ2n) is 6.77. The number of thioether (sulfide) groups is 1. The molecule has 0 atom stereocenters. The number of carbonyl (C=O) groups excluding carboxylic acids is 1. The van der Waals surface area contributed by atoms with Gasteiger partial charge in [-0.1, -0.05) is 11.8 Å². The van der Waals surface area contributed by atoms with E-state index >= 15 is 0 Å². The predicted molar refractivity (Wildman–Crippen MR) is 116 cm³/mol. The Morgan fingerprint density at radius 1 is 1.12 bits per heavy atom. The molecular formula is C23H16F5N3O2S. The Morgan fingerprint density at radius 2 is 1.82 bits per heavy atom. The summed E-state index contributed by atoms with van der Waals surface area (Å²) in [5, 5.41) is 11.4. The molecule has 0 saturated heterocycles. The first-order chi connectivity index (χ1) is 16.1. The molecule has 0 aliphatic heterocycles. The molecule has 0 aliphatic carbocycles. The summed E-state index contributed by atoms with van der Waals surface area (Å²) in [7, 11) is 0. The molecule has 0 fully saturated rings. The van der Waals surface area contributed by atoms with E-state index in [1.54, 1.807) is 19.1 Å². The molecule has 3 aromatic rings. The Bertz CT molecular complexity index is 1240. The fraction of sp³-hybridized carbons (Fsp3) is 0.174. The molecule has 0 spiro atoms. The third-order valence-electron chi connectivity index (χ3n) is 4.41. The van der Waals surface area contributed by atoms with Crippen molar-refractivity contribution in [1.29, 1.82) is 5.26 Å². The van der Waals surface area contributed by atoms with E-state index in [-0.39, 0.29) is 16.4 Å². The number of nitrogens with zero attached hydrogens (tertiary/aromatic N) is 2. The van der Waals surface area contributed by atoms with Gasteiger partial charge < -0.3 is 10.1 Å². The Balaban J connectivity index is 1.90. The number of amides is 1. The molecule has 1 aromatic heterocycles. The molecule has 0 radical (unpaired) electrons. The summed E-state index contributed by atoms with van der Waals surface area (Å²) < 4.78 is 72.7. The van der Waals surface area contributed by atoms with Crippen LogP contribution in [-0.4, -0.2) is 23.3 Å². The number of rotatable bonds is 7. The topological polar surface area (TPSA) is 75.0 Å². The van der Waals surface area contributed by atoms with Gasteiger partial charge in [-0.15, -0.1) is 0 Å². The lowest BCUT2D eigenvalue weighted by Crippen LogP contribution is -2.15. The highest BCUT2D eigenvalue weighted by atomic mass is 32.2. The molecule has 2 aromatic carbocycles. The molecule has 11 heteroatoms. The van der Waals surface area contributed by atoms with Gasteiger partial charge in [-0.3, -0.25) is 4.79 Å². The zero-order valence-corrected chi connectivity index (χ0v) is 18.4. The lowest BCUT2D eigenvalue weighted by molar-refractivity contribution is -0.138. The van der Waals surface area contributed by atoms with Crippen LogP contribution in [0.15, 0.2) is 53.6 Å². The number of hydrogen-bond acceptors (Lipinski definition) is 5. The van der Waals surface area contributed by atoms with Crippen molar-refractivity contribution in [3.8, 4) is 23.1 Å². The van der Waals surface area contributed by atoms with Gasteiger partial charge in [-0.25, -0.2) is 13.8 Å². The zero-order valence-electron chi connectivity index (χ0n) is 17.5. The SMILES string of the molecule is CCOc1ccc(-c2cc(C(F)(F)F)c(C#N)c(SCC(=O)Nc3ccc(F)c(F)c3)n2)cc1. The van der Waals surface area contributed by atoms with Crippen LogP contribution in [0.3, 0.4) is 0 Å². The van der Waals surface area contributed by atoms with Crippen molar-refractivity contribution < 1.29 is 31.5 Å². The van der Waals surface area contributed by atoms with Gasteiger partial charge in [0.2, 0.25) is 5.91 Å². The molecule has 1 heterocycles. The highest BCUT2D eigenvalue weighted by Gasteiger charge is 2.36. The van der Waals surface area contributed by atoms with Gasteiger partial charge in [0.25, 0.3) is 0 Å². The third-order valence-corrected chi connectivity index (χ3v) is 5.38. The molecule has 0 unspecified atom stereocenters. The van der Waals surface area contributed by atoms with E-state index in [2.05, 4.69) is 10.3 Å². The molecule has 5 nitrogen and oxygen atoms in total. The summed E-state index contributed by atoms with van der Waals surface area (Å²) in [6, 6.07) is 11.2. The van der Waals surface area contributed by atoms with Gasteiger partial charge in [-0.2, -0.15) is 18.4 Å². The Labute approximate surface area is 195 Å². The number of hydrogen-bond donors (Lipinski definition) is 1. The van der Waals surface area contributed by atoms with Crippen LogP contribution >= 0.6 is 11.8 Å². The van der Waals surface area contributed by atoms with Crippen LogP contribution in [0.4, 0.5) is 27.6 Å². The van der Waals surface area contributed by atoms with Crippen molar-refractivity contribution in [2.45, 2.75) is 18.1 Å². The second kappa shape index (κ2) is 10.5. The van der Waals surface area contributed by atoms with Crippen molar-refractivity contribution in [1.82, 2.24) is 4.98 Å². The average Bonchev–Trinajstić information content (AvgIpc) is 2.79. The minimum atomic E-state index is -4.84. The molecule has 3 rings (SSSR count). The quantitative estimate of drug-likeness (QED) is 0.321. The standard InChI is InChI=1S/C23H16F5N3O2S/c1-2-33-15-6-3-13(4-7-15)20-10-17(23(26,27)28)16(11-29)22(31-20)34-12-21(32)30-14-5-8-18(24)19(25)9-14/h3-10H,2,12H2,1H3,(H,30,32). The number of nitriles is 1. The largest absolute Gasteiger partial charge is 0.494 e. The molecule has 34 heavy (non-hydrogen) atoms. The molecule has 0 aliphatic rings.